The van der Waals surface area contributed by atoms with Crippen molar-refractivity contribution in [1.82, 2.24) is 0 Å². The Bertz CT molecular complexity index is 729. The van der Waals surface area contributed by atoms with E-state index in [0.29, 0.717) is 17.2 Å². The van der Waals surface area contributed by atoms with Crippen molar-refractivity contribution in [3.8, 4) is 11.5 Å². The predicted molar refractivity (Wildman–Crippen MR) is 92.9 cm³/mol. The first-order valence-electron chi connectivity index (χ1n) is 7.37. The van der Waals surface area contributed by atoms with E-state index in [-0.39, 0.29) is 12.5 Å². The van der Waals surface area contributed by atoms with Gasteiger partial charge in [0.05, 0.1) is 26.1 Å². The zero-order valence-corrected chi connectivity index (χ0v) is 13.9. The number of oxime groups is 1. The fraction of sp³-hybridized carbons (Fsp3) is 0.222. The third kappa shape index (κ3) is 4.74. The molecule has 24 heavy (non-hydrogen) atoms. The van der Waals surface area contributed by atoms with Gasteiger partial charge in [0.15, 0.2) is 6.61 Å². The van der Waals surface area contributed by atoms with E-state index in [4.69, 9.17) is 14.3 Å². The minimum atomic E-state index is -0.323. The number of ether oxygens (including phenoxy) is 2. The highest BCUT2D eigenvalue weighted by Crippen LogP contribution is 2.25. The maximum atomic E-state index is 11.9. The molecule has 2 aromatic rings. The van der Waals surface area contributed by atoms with Gasteiger partial charge in [-0.1, -0.05) is 23.4 Å². The Labute approximate surface area is 141 Å². The number of anilines is 1. The predicted octanol–water partition coefficient (Wildman–Crippen LogP) is 3.00. The van der Waals surface area contributed by atoms with E-state index in [1.165, 1.54) is 6.21 Å². The van der Waals surface area contributed by atoms with Crippen LogP contribution < -0.4 is 14.8 Å². The van der Waals surface area contributed by atoms with E-state index in [2.05, 4.69) is 10.5 Å². The highest BCUT2D eigenvalue weighted by molar-refractivity contribution is 5.93. The van der Waals surface area contributed by atoms with Gasteiger partial charge in [-0.05, 0) is 36.8 Å². The van der Waals surface area contributed by atoms with Crippen molar-refractivity contribution in [2.24, 2.45) is 5.16 Å². The molecule has 126 valence electrons. The maximum absolute atomic E-state index is 11.9. The molecule has 6 heteroatoms. The average molecular weight is 328 g/mol. The van der Waals surface area contributed by atoms with E-state index < -0.39 is 0 Å². The number of benzene rings is 2. The highest BCUT2D eigenvalue weighted by Gasteiger charge is 2.08. The molecule has 0 saturated heterocycles. The number of carbonyl (C=O) groups excluding carboxylic acids is 1. The smallest absolute Gasteiger partial charge is 0.265 e. The van der Waals surface area contributed by atoms with Gasteiger partial charge in [-0.2, -0.15) is 0 Å². The molecule has 2 aromatic carbocycles. The van der Waals surface area contributed by atoms with E-state index >= 15 is 0 Å². The van der Waals surface area contributed by atoms with Crippen LogP contribution in [0.4, 0.5) is 5.69 Å². The molecule has 0 spiro atoms. The summed E-state index contributed by atoms with van der Waals surface area (Å²) in [4.78, 5) is 17.0. The largest absolute Gasteiger partial charge is 0.496 e. The molecular weight excluding hydrogens is 308 g/mol. The van der Waals surface area contributed by atoms with Crippen molar-refractivity contribution in [2.75, 3.05) is 26.1 Å². The monoisotopic (exact) mass is 328 g/mol. The summed E-state index contributed by atoms with van der Waals surface area (Å²) in [5.41, 5.74) is 2.38. The molecule has 1 N–H and O–H groups in total. The summed E-state index contributed by atoms with van der Waals surface area (Å²) < 4.78 is 10.4. The lowest BCUT2D eigenvalue weighted by atomic mass is 10.2. The SMILES string of the molecule is COc1ccccc1/C=N\OCC(=O)Nc1cc(C)ccc1OC. The Hall–Kier alpha value is -3.02. The summed E-state index contributed by atoms with van der Waals surface area (Å²) in [5, 5.41) is 6.53. The zero-order chi connectivity index (χ0) is 17.4. The third-order valence-corrected chi connectivity index (χ3v) is 3.23. The molecule has 0 aliphatic rings. The second-order valence-corrected chi connectivity index (χ2v) is 5.00. The van der Waals surface area contributed by atoms with Gasteiger partial charge in [-0.25, -0.2) is 0 Å². The number of nitrogens with one attached hydrogen (secondary N) is 1. The highest BCUT2D eigenvalue weighted by atomic mass is 16.6. The number of aryl methyl sites for hydroxylation is 1. The number of methoxy groups -OCH3 is 2. The lowest BCUT2D eigenvalue weighted by Gasteiger charge is -2.10. The van der Waals surface area contributed by atoms with Crippen LogP contribution in [-0.4, -0.2) is 32.9 Å². The first-order chi connectivity index (χ1) is 11.6. The standard InChI is InChI=1S/C18H20N2O4/c1-13-8-9-17(23-3)15(10-13)20-18(21)12-24-19-11-14-6-4-5-7-16(14)22-2/h4-11H,12H2,1-3H3,(H,20,21)/b19-11-. The molecular formula is C18H20N2O4. The van der Waals surface area contributed by atoms with Gasteiger partial charge >= 0.3 is 0 Å². The van der Waals surface area contributed by atoms with Gasteiger partial charge < -0.3 is 19.6 Å². The Morgan fingerprint density at radius 3 is 2.62 bits per heavy atom. The van der Waals surface area contributed by atoms with Crippen LogP contribution in [0.25, 0.3) is 0 Å². The Morgan fingerprint density at radius 2 is 1.88 bits per heavy atom. The van der Waals surface area contributed by atoms with Crippen molar-refractivity contribution in [3.05, 3.63) is 53.6 Å². The van der Waals surface area contributed by atoms with E-state index in [1.54, 1.807) is 20.3 Å². The van der Waals surface area contributed by atoms with Gasteiger partial charge in [0.1, 0.15) is 11.5 Å². The van der Waals surface area contributed by atoms with Crippen LogP contribution in [0.3, 0.4) is 0 Å². The molecule has 0 aliphatic carbocycles. The molecule has 2 rings (SSSR count). The van der Waals surface area contributed by atoms with Gasteiger partial charge in [0, 0.05) is 5.56 Å². The molecule has 0 fully saturated rings. The Morgan fingerprint density at radius 1 is 1.12 bits per heavy atom. The maximum Gasteiger partial charge on any atom is 0.265 e. The summed E-state index contributed by atoms with van der Waals surface area (Å²) in [7, 11) is 3.13. The Kier molecular flexibility index (Phi) is 6.19. The zero-order valence-electron chi connectivity index (χ0n) is 13.9. The lowest BCUT2D eigenvalue weighted by molar-refractivity contribution is -0.120. The van der Waals surface area contributed by atoms with Crippen LogP contribution >= 0.6 is 0 Å². The molecule has 0 aromatic heterocycles. The van der Waals surface area contributed by atoms with Crippen molar-refractivity contribution in [3.63, 3.8) is 0 Å². The van der Waals surface area contributed by atoms with Crippen LogP contribution in [0.5, 0.6) is 11.5 Å². The van der Waals surface area contributed by atoms with Crippen LogP contribution in [-0.2, 0) is 9.63 Å². The van der Waals surface area contributed by atoms with Crippen molar-refractivity contribution in [1.29, 1.82) is 0 Å². The van der Waals surface area contributed by atoms with Crippen molar-refractivity contribution in [2.45, 2.75) is 6.92 Å². The molecule has 1 amide bonds. The molecule has 6 nitrogen and oxygen atoms in total. The molecule has 0 unspecified atom stereocenters. The normalized spacial score (nSPS) is 10.5. The fourth-order valence-corrected chi connectivity index (χ4v) is 2.07. The number of hydrogen-bond acceptors (Lipinski definition) is 5. The van der Waals surface area contributed by atoms with E-state index in [0.717, 1.165) is 11.1 Å². The number of nitrogens with zero attached hydrogens (tertiary/aromatic N) is 1. The summed E-state index contributed by atoms with van der Waals surface area (Å²) in [6.45, 7) is 1.73. The van der Waals surface area contributed by atoms with Crippen molar-refractivity contribution < 1.29 is 19.1 Å². The molecule has 0 atom stereocenters. The molecule has 0 saturated carbocycles. The Balaban J connectivity index is 1.90. The number of para-hydroxylation sites is 1. The number of carbonyl (C=O) groups is 1. The first kappa shape index (κ1) is 17.3. The fourth-order valence-electron chi connectivity index (χ4n) is 2.07. The first-order valence-corrected chi connectivity index (χ1v) is 7.37. The minimum Gasteiger partial charge on any atom is -0.496 e. The van der Waals surface area contributed by atoms with Crippen LogP contribution in [0.2, 0.25) is 0 Å². The number of rotatable bonds is 7. The average Bonchev–Trinajstić information content (AvgIpc) is 2.59. The summed E-state index contributed by atoms with van der Waals surface area (Å²) in [5.74, 6) is 0.946. The number of amides is 1. The molecule has 0 heterocycles. The van der Waals surface area contributed by atoms with Crippen LogP contribution in [0, 0.1) is 6.92 Å². The molecule has 0 radical (unpaired) electrons. The van der Waals surface area contributed by atoms with Gasteiger partial charge in [-0.3, -0.25) is 4.79 Å². The van der Waals surface area contributed by atoms with Crippen molar-refractivity contribution >= 4 is 17.8 Å². The second-order valence-electron chi connectivity index (χ2n) is 5.00. The number of hydrogen-bond donors (Lipinski definition) is 1. The minimum absolute atomic E-state index is 0.206. The summed E-state index contributed by atoms with van der Waals surface area (Å²) in [6, 6.07) is 12.9. The topological polar surface area (TPSA) is 69.2 Å². The van der Waals surface area contributed by atoms with E-state index in [1.807, 2.05) is 43.3 Å². The molecule has 0 bridgehead atoms. The quantitative estimate of drug-likeness (QED) is 0.626. The van der Waals surface area contributed by atoms with Gasteiger partial charge in [0.2, 0.25) is 0 Å². The van der Waals surface area contributed by atoms with Crippen LogP contribution in [0.15, 0.2) is 47.6 Å². The summed E-state index contributed by atoms with van der Waals surface area (Å²) in [6.07, 6.45) is 1.50. The summed E-state index contributed by atoms with van der Waals surface area (Å²) >= 11 is 0. The van der Waals surface area contributed by atoms with Gasteiger partial charge in [0.25, 0.3) is 5.91 Å². The van der Waals surface area contributed by atoms with Gasteiger partial charge in [-0.15, -0.1) is 0 Å². The van der Waals surface area contributed by atoms with Crippen LogP contribution in [0.1, 0.15) is 11.1 Å². The third-order valence-electron chi connectivity index (χ3n) is 3.23. The molecule has 0 aliphatic heterocycles. The second kappa shape index (κ2) is 8.57. The van der Waals surface area contributed by atoms with E-state index in [9.17, 15) is 4.79 Å². The lowest BCUT2D eigenvalue weighted by Crippen LogP contribution is -2.17.